The van der Waals surface area contributed by atoms with Gasteiger partial charge < -0.3 is 9.84 Å². The van der Waals surface area contributed by atoms with Crippen LogP contribution in [0.1, 0.15) is 15.9 Å². The van der Waals surface area contributed by atoms with Crippen LogP contribution in [0.4, 0.5) is 0 Å². The van der Waals surface area contributed by atoms with Gasteiger partial charge in [-0.1, -0.05) is 24.3 Å². The molecule has 1 heterocycles. The fraction of sp³-hybridized carbons (Fsp3) is 0.0625. The van der Waals surface area contributed by atoms with E-state index in [4.69, 9.17) is 9.84 Å². The Morgan fingerprint density at radius 3 is 2.81 bits per heavy atom. The minimum atomic E-state index is -0.996. The molecule has 1 N–H and O–H groups in total. The maximum Gasteiger partial charge on any atom is 0.335 e. The summed E-state index contributed by atoms with van der Waals surface area (Å²) in [5.74, 6) is -0.178. The second kappa shape index (κ2) is 5.20. The summed E-state index contributed by atoms with van der Waals surface area (Å²) in [6.07, 6.45) is 1.66. The zero-order valence-electron chi connectivity index (χ0n) is 11.3. The number of hydrogen-bond acceptors (Lipinski definition) is 4. The zero-order chi connectivity index (χ0) is 14.8. The molecule has 0 fully saturated rings. The van der Waals surface area contributed by atoms with E-state index < -0.39 is 5.97 Å². The summed E-state index contributed by atoms with van der Waals surface area (Å²) in [4.78, 5) is 11.0. The van der Waals surface area contributed by atoms with Crippen LogP contribution in [-0.4, -0.2) is 21.3 Å². The van der Waals surface area contributed by atoms with Crippen molar-refractivity contribution in [1.82, 2.24) is 10.2 Å². The lowest BCUT2D eigenvalue weighted by Crippen LogP contribution is -1.99. The van der Waals surface area contributed by atoms with E-state index in [1.54, 1.807) is 18.3 Å². The van der Waals surface area contributed by atoms with Crippen LogP contribution < -0.4 is 4.74 Å². The largest absolute Gasteiger partial charge is 0.478 e. The second-order valence-corrected chi connectivity index (χ2v) is 4.62. The fourth-order valence-electron chi connectivity index (χ4n) is 2.02. The van der Waals surface area contributed by atoms with E-state index in [1.807, 2.05) is 31.2 Å². The SMILES string of the molecule is Cc1ccc(C(=O)O)cc1Oc1nncc2ccccc12. The lowest BCUT2D eigenvalue weighted by Gasteiger charge is -2.10. The van der Waals surface area contributed by atoms with Gasteiger partial charge in [-0.25, -0.2) is 4.79 Å². The van der Waals surface area contributed by atoms with Crippen LogP contribution in [0.2, 0.25) is 0 Å². The standard InChI is InChI=1S/C16H12N2O3/c1-10-6-7-11(16(19)20)8-14(10)21-15-13-5-3-2-4-12(13)9-17-18-15/h2-9H,1H3,(H,19,20). The van der Waals surface area contributed by atoms with Crippen LogP contribution in [0.15, 0.2) is 48.7 Å². The maximum absolute atomic E-state index is 11.0. The average molecular weight is 280 g/mol. The van der Waals surface area contributed by atoms with Gasteiger partial charge in [0, 0.05) is 10.8 Å². The molecule has 0 unspecified atom stereocenters. The Morgan fingerprint density at radius 2 is 2.00 bits per heavy atom. The topological polar surface area (TPSA) is 72.3 Å². The summed E-state index contributed by atoms with van der Waals surface area (Å²) >= 11 is 0. The van der Waals surface area contributed by atoms with E-state index in [-0.39, 0.29) is 5.56 Å². The molecule has 5 heteroatoms. The number of aromatic nitrogens is 2. The van der Waals surface area contributed by atoms with Crippen LogP contribution in [0.25, 0.3) is 10.8 Å². The number of ether oxygens (including phenoxy) is 1. The lowest BCUT2D eigenvalue weighted by molar-refractivity contribution is 0.0696. The van der Waals surface area contributed by atoms with Crippen molar-refractivity contribution < 1.29 is 14.6 Å². The number of rotatable bonds is 3. The molecule has 0 saturated carbocycles. The number of fused-ring (bicyclic) bond motifs is 1. The van der Waals surface area contributed by atoms with Crippen molar-refractivity contribution in [2.45, 2.75) is 6.92 Å². The first kappa shape index (κ1) is 13.1. The molecule has 0 aliphatic rings. The smallest absolute Gasteiger partial charge is 0.335 e. The normalized spacial score (nSPS) is 10.5. The van der Waals surface area contributed by atoms with Gasteiger partial charge in [0.1, 0.15) is 5.75 Å². The van der Waals surface area contributed by atoms with Crippen molar-refractivity contribution in [2.24, 2.45) is 0 Å². The number of carboxylic acids is 1. The monoisotopic (exact) mass is 280 g/mol. The summed E-state index contributed by atoms with van der Waals surface area (Å²) in [6, 6.07) is 12.3. The highest BCUT2D eigenvalue weighted by atomic mass is 16.5. The summed E-state index contributed by atoms with van der Waals surface area (Å²) in [5.41, 5.74) is 0.999. The van der Waals surface area contributed by atoms with Crippen molar-refractivity contribution >= 4 is 16.7 Å². The Labute approximate surface area is 120 Å². The number of carbonyl (C=O) groups is 1. The van der Waals surface area contributed by atoms with Gasteiger partial charge in [-0.15, -0.1) is 5.10 Å². The molecule has 1 aromatic heterocycles. The third-order valence-electron chi connectivity index (χ3n) is 3.18. The van der Waals surface area contributed by atoms with Crippen LogP contribution in [-0.2, 0) is 0 Å². The number of aryl methyl sites for hydroxylation is 1. The van der Waals surface area contributed by atoms with Gasteiger partial charge in [-0.05, 0) is 30.7 Å². The van der Waals surface area contributed by atoms with E-state index in [2.05, 4.69) is 10.2 Å². The van der Waals surface area contributed by atoms with Crippen molar-refractivity contribution in [3.05, 3.63) is 59.8 Å². The molecular formula is C16H12N2O3. The molecule has 2 aromatic carbocycles. The highest BCUT2D eigenvalue weighted by Crippen LogP contribution is 2.29. The molecule has 0 aliphatic carbocycles. The Kier molecular flexibility index (Phi) is 3.23. The van der Waals surface area contributed by atoms with E-state index in [1.165, 1.54) is 6.07 Å². The number of nitrogens with zero attached hydrogens (tertiary/aromatic N) is 2. The fourth-order valence-corrected chi connectivity index (χ4v) is 2.02. The van der Waals surface area contributed by atoms with Crippen molar-refractivity contribution in [2.75, 3.05) is 0 Å². The number of benzene rings is 2. The molecule has 0 radical (unpaired) electrons. The van der Waals surface area contributed by atoms with Crippen LogP contribution in [0, 0.1) is 6.92 Å². The Bertz CT molecular complexity index is 825. The molecule has 0 amide bonds. The van der Waals surface area contributed by atoms with Gasteiger partial charge in [-0.3, -0.25) is 0 Å². The third-order valence-corrected chi connectivity index (χ3v) is 3.18. The van der Waals surface area contributed by atoms with Gasteiger partial charge in [-0.2, -0.15) is 5.10 Å². The summed E-state index contributed by atoms with van der Waals surface area (Å²) in [6.45, 7) is 1.85. The van der Waals surface area contributed by atoms with Crippen molar-refractivity contribution in [1.29, 1.82) is 0 Å². The van der Waals surface area contributed by atoms with E-state index in [0.717, 1.165) is 16.3 Å². The molecule has 0 saturated heterocycles. The number of carboxylic acid groups (broad SMARTS) is 1. The van der Waals surface area contributed by atoms with E-state index in [0.29, 0.717) is 11.6 Å². The second-order valence-electron chi connectivity index (χ2n) is 4.62. The summed E-state index contributed by atoms with van der Waals surface area (Å²) in [5, 5.41) is 18.7. The number of aromatic carboxylic acids is 1. The van der Waals surface area contributed by atoms with Gasteiger partial charge in [0.25, 0.3) is 0 Å². The van der Waals surface area contributed by atoms with Crippen LogP contribution in [0.3, 0.4) is 0 Å². The van der Waals surface area contributed by atoms with Gasteiger partial charge in [0.2, 0.25) is 5.88 Å². The molecule has 104 valence electrons. The van der Waals surface area contributed by atoms with Gasteiger partial charge in [0.15, 0.2) is 0 Å². The van der Waals surface area contributed by atoms with Crippen LogP contribution >= 0.6 is 0 Å². The predicted molar refractivity (Wildman–Crippen MR) is 77.8 cm³/mol. The molecule has 3 aromatic rings. The minimum Gasteiger partial charge on any atom is -0.478 e. The van der Waals surface area contributed by atoms with Gasteiger partial charge >= 0.3 is 5.97 Å². The Hall–Kier alpha value is -2.95. The van der Waals surface area contributed by atoms with Crippen molar-refractivity contribution in [3.63, 3.8) is 0 Å². The molecule has 0 aliphatic heterocycles. The average Bonchev–Trinajstić information content (AvgIpc) is 2.49. The molecule has 3 rings (SSSR count). The first-order valence-electron chi connectivity index (χ1n) is 6.37. The predicted octanol–water partition coefficient (Wildman–Crippen LogP) is 3.43. The molecule has 5 nitrogen and oxygen atoms in total. The third kappa shape index (κ3) is 2.53. The first-order chi connectivity index (χ1) is 10.1. The van der Waals surface area contributed by atoms with Crippen molar-refractivity contribution in [3.8, 4) is 11.6 Å². The Balaban J connectivity index is 2.06. The molecule has 21 heavy (non-hydrogen) atoms. The maximum atomic E-state index is 11.0. The highest BCUT2D eigenvalue weighted by Gasteiger charge is 2.11. The van der Waals surface area contributed by atoms with Crippen LogP contribution in [0.5, 0.6) is 11.6 Å². The molecule has 0 bridgehead atoms. The summed E-state index contributed by atoms with van der Waals surface area (Å²) < 4.78 is 5.78. The molecule has 0 spiro atoms. The number of hydrogen-bond donors (Lipinski definition) is 1. The van der Waals surface area contributed by atoms with E-state index in [9.17, 15) is 4.79 Å². The quantitative estimate of drug-likeness (QED) is 0.795. The van der Waals surface area contributed by atoms with E-state index >= 15 is 0 Å². The van der Waals surface area contributed by atoms with Gasteiger partial charge in [0.05, 0.1) is 11.8 Å². The first-order valence-corrected chi connectivity index (χ1v) is 6.37. The lowest BCUT2D eigenvalue weighted by atomic mass is 10.1. The highest BCUT2D eigenvalue weighted by molar-refractivity contribution is 5.88. The zero-order valence-corrected chi connectivity index (χ0v) is 11.3. The Morgan fingerprint density at radius 1 is 1.19 bits per heavy atom. The minimum absolute atomic E-state index is 0.170. The molecule has 0 atom stereocenters. The molecular weight excluding hydrogens is 268 g/mol. The summed E-state index contributed by atoms with van der Waals surface area (Å²) in [7, 11) is 0.